The van der Waals surface area contributed by atoms with Crippen molar-refractivity contribution >= 4 is 18.0 Å². The highest BCUT2D eigenvalue weighted by molar-refractivity contribution is 5.89. The lowest BCUT2D eigenvalue weighted by Crippen LogP contribution is -2.48. The molecule has 3 rings (SSSR count). The summed E-state index contributed by atoms with van der Waals surface area (Å²) < 4.78 is 5.42. The molecule has 0 saturated heterocycles. The Bertz CT molecular complexity index is 971. The van der Waals surface area contributed by atoms with Crippen LogP contribution in [0.5, 0.6) is 0 Å². The van der Waals surface area contributed by atoms with Crippen molar-refractivity contribution in [3.8, 4) is 11.1 Å². The van der Waals surface area contributed by atoms with Gasteiger partial charge in [-0.25, -0.2) is 4.79 Å². The maximum absolute atomic E-state index is 12.4. The molecule has 2 aromatic carbocycles. The highest BCUT2D eigenvalue weighted by Gasteiger charge is 2.30. The van der Waals surface area contributed by atoms with E-state index < -0.39 is 30.4 Å². The standard InChI is InChI=1S/C25H28N2O5/c1-16(2)8-7-13-26-24(30)22(14-23(28)29)27-25(31)32-15-21-19-11-5-3-9-17(19)18-10-4-6-12-20(18)21/h3-6,9-12,21-22H,1,7-8,13-15H2,2H3,(H,26,30)(H,27,31)(H,28,29). The molecule has 0 spiro atoms. The summed E-state index contributed by atoms with van der Waals surface area (Å²) in [5, 5.41) is 14.2. The molecule has 32 heavy (non-hydrogen) atoms. The van der Waals surface area contributed by atoms with Crippen molar-refractivity contribution in [3.63, 3.8) is 0 Å². The fourth-order valence-electron chi connectivity index (χ4n) is 3.89. The second kappa shape index (κ2) is 10.6. The van der Waals surface area contributed by atoms with Gasteiger partial charge in [0.25, 0.3) is 0 Å². The summed E-state index contributed by atoms with van der Waals surface area (Å²) in [6, 6.07) is 14.7. The highest BCUT2D eigenvalue weighted by Crippen LogP contribution is 2.44. The molecule has 0 aliphatic heterocycles. The molecule has 0 saturated carbocycles. The van der Waals surface area contributed by atoms with Gasteiger partial charge < -0.3 is 20.5 Å². The molecule has 1 atom stereocenters. The van der Waals surface area contributed by atoms with Crippen molar-refractivity contribution in [1.82, 2.24) is 10.6 Å². The Morgan fingerprint density at radius 3 is 2.22 bits per heavy atom. The predicted octanol–water partition coefficient (Wildman–Crippen LogP) is 3.84. The third-order valence-electron chi connectivity index (χ3n) is 5.41. The van der Waals surface area contributed by atoms with Gasteiger partial charge in [0.1, 0.15) is 12.6 Å². The zero-order chi connectivity index (χ0) is 23.1. The zero-order valence-electron chi connectivity index (χ0n) is 18.1. The first-order chi connectivity index (χ1) is 15.4. The van der Waals surface area contributed by atoms with Gasteiger partial charge in [-0.3, -0.25) is 9.59 Å². The second-order valence-corrected chi connectivity index (χ2v) is 7.97. The Hall–Kier alpha value is -3.61. The van der Waals surface area contributed by atoms with Gasteiger partial charge in [-0.15, -0.1) is 6.58 Å². The minimum Gasteiger partial charge on any atom is -0.481 e. The molecule has 1 unspecified atom stereocenters. The number of nitrogens with one attached hydrogen (secondary N) is 2. The number of alkyl carbamates (subject to hydrolysis) is 1. The maximum Gasteiger partial charge on any atom is 0.407 e. The largest absolute Gasteiger partial charge is 0.481 e. The van der Waals surface area contributed by atoms with Gasteiger partial charge >= 0.3 is 12.1 Å². The van der Waals surface area contributed by atoms with Crippen molar-refractivity contribution in [1.29, 1.82) is 0 Å². The molecule has 7 heteroatoms. The number of rotatable bonds is 10. The van der Waals surface area contributed by atoms with Crippen molar-refractivity contribution in [2.75, 3.05) is 13.2 Å². The van der Waals surface area contributed by atoms with Gasteiger partial charge in [-0.2, -0.15) is 0 Å². The van der Waals surface area contributed by atoms with E-state index >= 15 is 0 Å². The number of aliphatic carboxylic acids is 1. The van der Waals surface area contributed by atoms with Crippen molar-refractivity contribution in [2.45, 2.75) is 38.1 Å². The summed E-state index contributed by atoms with van der Waals surface area (Å²) in [4.78, 5) is 36.0. The lowest BCUT2D eigenvalue weighted by Gasteiger charge is -2.18. The van der Waals surface area contributed by atoms with Crippen molar-refractivity contribution in [3.05, 3.63) is 71.8 Å². The second-order valence-electron chi connectivity index (χ2n) is 7.97. The summed E-state index contributed by atoms with van der Waals surface area (Å²) in [5.41, 5.74) is 5.35. The lowest BCUT2D eigenvalue weighted by molar-refractivity contribution is -0.139. The molecule has 0 aromatic heterocycles. The number of carbonyl (C=O) groups is 3. The summed E-state index contributed by atoms with van der Waals surface area (Å²) in [7, 11) is 0. The molecule has 2 aromatic rings. The molecule has 7 nitrogen and oxygen atoms in total. The Morgan fingerprint density at radius 1 is 1.06 bits per heavy atom. The van der Waals surface area contributed by atoms with Crippen LogP contribution in [0, 0.1) is 0 Å². The number of carboxylic acid groups (broad SMARTS) is 1. The average Bonchev–Trinajstić information content (AvgIpc) is 3.08. The quantitative estimate of drug-likeness (QED) is 0.388. The van der Waals surface area contributed by atoms with Crippen LogP contribution in [0.25, 0.3) is 11.1 Å². The molecular weight excluding hydrogens is 408 g/mol. The SMILES string of the molecule is C=C(C)CCCNC(=O)C(CC(=O)O)NC(=O)OCC1c2ccccc2-c2ccccc21. The molecule has 0 heterocycles. The first kappa shape index (κ1) is 23.1. The van der Waals surface area contributed by atoms with E-state index in [1.54, 1.807) is 0 Å². The molecule has 0 fully saturated rings. The monoisotopic (exact) mass is 436 g/mol. The molecule has 3 N–H and O–H groups in total. The van der Waals surface area contributed by atoms with Crippen LogP contribution in [0.4, 0.5) is 4.79 Å². The summed E-state index contributed by atoms with van der Waals surface area (Å²) in [6.45, 7) is 6.15. The molecular formula is C25H28N2O5. The van der Waals surface area contributed by atoms with Gasteiger partial charge in [0.05, 0.1) is 6.42 Å². The fourth-order valence-corrected chi connectivity index (χ4v) is 3.89. The van der Waals surface area contributed by atoms with Crippen LogP contribution in [0.15, 0.2) is 60.7 Å². The van der Waals surface area contributed by atoms with Gasteiger partial charge in [-0.05, 0) is 42.0 Å². The zero-order valence-corrected chi connectivity index (χ0v) is 18.1. The van der Waals surface area contributed by atoms with E-state index in [2.05, 4.69) is 17.2 Å². The molecule has 0 bridgehead atoms. The van der Waals surface area contributed by atoms with E-state index in [1.165, 1.54) is 0 Å². The molecule has 1 aliphatic carbocycles. The first-order valence-corrected chi connectivity index (χ1v) is 10.6. The topological polar surface area (TPSA) is 105 Å². The third kappa shape index (κ3) is 5.75. The van der Waals surface area contributed by atoms with E-state index in [4.69, 9.17) is 9.84 Å². The van der Waals surface area contributed by atoms with Gasteiger partial charge in [0.15, 0.2) is 0 Å². The summed E-state index contributed by atoms with van der Waals surface area (Å²) >= 11 is 0. The van der Waals surface area contributed by atoms with Crippen LogP contribution in [0.3, 0.4) is 0 Å². The number of benzene rings is 2. The number of allylic oxidation sites excluding steroid dienone is 1. The van der Waals surface area contributed by atoms with E-state index in [0.717, 1.165) is 34.2 Å². The minimum atomic E-state index is -1.21. The number of carbonyl (C=O) groups excluding carboxylic acids is 2. The summed E-state index contributed by atoms with van der Waals surface area (Å²) in [6.07, 6.45) is 0.0848. The minimum absolute atomic E-state index is 0.0832. The van der Waals surface area contributed by atoms with Crippen LogP contribution in [0.1, 0.15) is 43.2 Å². The first-order valence-electron chi connectivity index (χ1n) is 10.6. The third-order valence-corrected chi connectivity index (χ3v) is 5.41. The molecule has 2 amide bonds. The van der Waals surface area contributed by atoms with Crippen molar-refractivity contribution < 1.29 is 24.2 Å². The van der Waals surface area contributed by atoms with E-state index in [0.29, 0.717) is 13.0 Å². The Kier molecular flexibility index (Phi) is 7.65. The predicted molar refractivity (Wildman–Crippen MR) is 121 cm³/mol. The number of fused-ring (bicyclic) bond motifs is 3. The number of hydrogen-bond donors (Lipinski definition) is 3. The fraction of sp³-hybridized carbons (Fsp3) is 0.320. The summed E-state index contributed by atoms with van der Waals surface area (Å²) in [5.74, 6) is -1.87. The Balaban J connectivity index is 1.60. The molecule has 0 radical (unpaired) electrons. The van der Waals surface area contributed by atoms with Crippen LogP contribution in [-0.2, 0) is 14.3 Å². The molecule has 1 aliphatic rings. The number of ether oxygens (including phenoxy) is 1. The van der Waals surface area contributed by atoms with Gasteiger partial charge in [-0.1, -0.05) is 54.1 Å². The highest BCUT2D eigenvalue weighted by atomic mass is 16.5. The van der Waals surface area contributed by atoms with E-state index in [9.17, 15) is 14.4 Å². The van der Waals surface area contributed by atoms with Crippen LogP contribution >= 0.6 is 0 Å². The van der Waals surface area contributed by atoms with Crippen molar-refractivity contribution in [2.24, 2.45) is 0 Å². The van der Waals surface area contributed by atoms with Gasteiger partial charge in [0.2, 0.25) is 5.91 Å². The van der Waals surface area contributed by atoms with E-state index in [1.807, 2.05) is 55.5 Å². The normalized spacial score (nSPS) is 12.9. The number of amides is 2. The van der Waals surface area contributed by atoms with Crippen LogP contribution < -0.4 is 10.6 Å². The Labute approximate surface area is 187 Å². The lowest BCUT2D eigenvalue weighted by atomic mass is 9.98. The molecule has 168 valence electrons. The smallest absolute Gasteiger partial charge is 0.407 e. The van der Waals surface area contributed by atoms with Gasteiger partial charge in [0, 0.05) is 12.5 Å². The van der Waals surface area contributed by atoms with E-state index in [-0.39, 0.29) is 12.5 Å². The maximum atomic E-state index is 12.4. The Morgan fingerprint density at radius 2 is 1.66 bits per heavy atom. The number of hydrogen-bond acceptors (Lipinski definition) is 4. The van der Waals surface area contributed by atoms with Crippen LogP contribution in [-0.4, -0.2) is 42.3 Å². The number of carboxylic acids is 1. The van der Waals surface area contributed by atoms with Crippen LogP contribution in [0.2, 0.25) is 0 Å². The average molecular weight is 437 g/mol.